The lowest BCUT2D eigenvalue weighted by molar-refractivity contribution is 0.290. The first-order valence-electron chi connectivity index (χ1n) is 10.7. The van der Waals surface area contributed by atoms with Gasteiger partial charge in [0.1, 0.15) is 5.52 Å². The summed E-state index contributed by atoms with van der Waals surface area (Å²) in [5, 5.41) is 0.619. The van der Waals surface area contributed by atoms with Crippen LogP contribution in [0.25, 0.3) is 33.7 Å². The van der Waals surface area contributed by atoms with E-state index < -0.39 is 0 Å². The monoisotopic (exact) mass is 437 g/mol. The van der Waals surface area contributed by atoms with Gasteiger partial charge in [-0.1, -0.05) is 62.4 Å². The molecule has 0 bridgehead atoms. The molecule has 5 heteroatoms. The second-order valence-corrected chi connectivity index (χ2v) is 8.05. The van der Waals surface area contributed by atoms with Crippen molar-refractivity contribution in [2.45, 2.75) is 39.0 Å². The molecule has 0 atom stereocenters. The molecule has 0 N–H and O–H groups in total. The highest BCUT2D eigenvalue weighted by molar-refractivity contribution is 6.31. The molecule has 0 amide bonds. The summed E-state index contributed by atoms with van der Waals surface area (Å²) in [6.07, 6.45) is 5.72. The summed E-state index contributed by atoms with van der Waals surface area (Å²) < 4.78 is 25.9. The van der Waals surface area contributed by atoms with Gasteiger partial charge in [-0.15, -0.1) is 0 Å². The first kappa shape index (κ1) is 21.4. The number of rotatable bonds is 9. The van der Waals surface area contributed by atoms with Crippen molar-refractivity contribution < 1.29 is 13.5 Å². The van der Waals surface area contributed by atoms with Crippen molar-refractivity contribution in [2.75, 3.05) is 6.61 Å². The standard InChI is InChI=1S/C26H25ClFNO2/c1-2-3-4-5-6-15-30-24-13-11-20(16-22(24)28)18-7-9-19(10-8-18)26-29-23-17-21(27)12-14-25(23)31-26/h7-14,16-17H,2-6,15H2,1H3. The Morgan fingerprint density at radius 1 is 0.871 bits per heavy atom. The van der Waals surface area contributed by atoms with Gasteiger partial charge in [-0.3, -0.25) is 0 Å². The molecule has 160 valence electrons. The zero-order valence-electron chi connectivity index (χ0n) is 17.5. The molecule has 0 radical (unpaired) electrons. The van der Waals surface area contributed by atoms with Gasteiger partial charge in [-0.05, 0) is 60.0 Å². The second kappa shape index (κ2) is 9.97. The number of aromatic nitrogens is 1. The molecule has 31 heavy (non-hydrogen) atoms. The number of ether oxygens (including phenoxy) is 1. The SMILES string of the molecule is CCCCCCCOc1ccc(-c2ccc(-c3nc4cc(Cl)ccc4o3)cc2)cc1F. The van der Waals surface area contributed by atoms with Crippen LogP contribution in [0.3, 0.4) is 0 Å². The lowest BCUT2D eigenvalue weighted by Crippen LogP contribution is -1.99. The Morgan fingerprint density at radius 2 is 1.61 bits per heavy atom. The van der Waals surface area contributed by atoms with E-state index in [9.17, 15) is 4.39 Å². The molecule has 0 unspecified atom stereocenters. The van der Waals surface area contributed by atoms with Crippen LogP contribution in [0.1, 0.15) is 39.0 Å². The molecule has 0 saturated heterocycles. The first-order chi connectivity index (χ1) is 15.1. The van der Waals surface area contributed by atoms with Crippen molar-refractivity contribution in [3.8, 4) is 28.3 Å². The number of unbranched alkanes of at least 4 members (excludes halogenated alkanes) is 4. The third-order valence-electron chi connectivity index (χ3n) is 5.25. The van der Waals surface area contributed by atoms with E-state index in [1.807, 2.05) is 30.3 Å². The molecule has 0 spiro atoms. The van der Waals surface area contributed by atoms with Gasteiger partial charge >= 0.3 is 0 Å². The Balaban J connectivity index is 1.43. The minimum atomic E-state index is -0.342. The minimum Gasteiger partial charge on any atom is -0.491 e. The Hall–Kier alpha value is -2.85. The average molecular weight is 438 g/mol. The molecule has 3 aromatic carbocycles. The third-order valence-corrected chi connectivity index (χ3v) is 5.49. The molecule has 0 saturated carbocycles. The third kappa shape index (κ3) is 5.26. The summed E-state index contributed by atoms with van der Waals surface area (Å²) in [6, 6.07) is 18.2. The predicted molar refractivity (Wildman–Crippen MR) is 124 cm³/mol. The van der Waals surface area contributed by atoms with E-state index in [1.54, 1.807) is 24.3 Å². The molecular formula is C26H25ClFNO2. The van der Waals surface area contributed by atoms with E-state index in [0.29, 0.717) is 28.9 Å². The van der Waals surface area contributed by atoms with E-state index in [0.717, 1.165) is 35.0 Å². The zero-order valence-corrected chi connectivity index (χ0v) is 18.3. The molecule has 3 nitrogen and oxygen atoms in total. The van der Waals surface area contributed by atoms with E-state index in [-0.39, 0.29) is 5.82 Å². The maximum Gasteiger partial charge on any atom is 0.227 e. The summed E-state index contributed by atoms with van der Waals surface area (Å²) in [5.41, 5.74) is 3.96. The fourth-order valence-corrected chi connectivity index (χ4v) is 3.68. The fraction of sp³-hybridized carbons (Fsp3) is 0.269. The Bertz CT molecular complexity index is 1150. The largest absolute Gasteiger partial charge is 0.491 e. The van der Waals surface area contributed by atoms with Crippen molar-refractivity contribution in [1.82, 2.24) is 4.98 Å². The number of fused-ring (bicyclic) bond motifs is 1. The second-order valence-electron chi connectivity index (χ2n) is 7.62. The minimum absolute atomic E-state index is 0.306. The number of hydrogen-bond donors (Lipinski definition) is 0. The van der Waals surface area contributed by atoms with Crippen LogP contribution in [0, 0.1) is 5.82 Å². The summed E-state index contributed by atoms with van der Waals surface area (Å²) >= 11 is 6.02. The lowest BCUT2D eigenvalue weighted by Gasteiger charge is -2.09. The van der Waals surface area contributed by atoms with E-state index in [4.69, 9.17) is 20.8 Å². The number of halogens is 2. The van der Waals surface area contributed by atoms with Crippen LogP contribution in [-0.4, -0.2) is 11.6 Å². The van der Waals surface area contributed by atoms with Crippen molar-refractivity contribution in [3.63, 3.8) is 0 Å². The van der Waals surface area contributed by atoms with Crippen molar-refractivity contribution in [2.24, 2.45) is 0 Å². The van der Waals surface area contributed by atoms with Gasteiger partial charge in [-0.2, -0.15) is 0 Å². The first-order valence-corrected chi connectivity index (χ1v) is 11.1. The van der Waals surface area contributed by atoms with Crippen molar-refractivity contribution in [1.29, 1.82) is 0 Å². The predicted octanol–water partition coefficient (Wildman–Crippen LogP) is 8.30. The topological polar surface area (TPSA) is 35.3 Å². The van der Waals surface area contributed by atoms with Crippen molar-refractivity contribution >= 4 is 22.7 Å². The van der Waals surface area contributed by atoms with Gasteiger partial charge in [0.25, 0.3) is 0 Å². The van der Waals surface area contributed by atoms with Crippen LogP contribution in [0.15, 0.2) is 65.1 Å². The smallest absolute Gasteiger partial charge is 0.227 e. The van der Waals surface area contributed by atoms with Crippen LogP contribution >= 0.6 is 11.6 Å². The van der Waals surface area contributed by atoms with E-state index in [2.05, 4.69) is 11.9 Å². The lowest BCUT2D eigenvalue weighted by atomic mass is 10.0. The molecule has 0 fully saturated rings. The van der Waals surface area contributed by atoms with Gasteiger partial charge in [-0.25, -0.2) is 9.37 Å². The summed E-state index contributed by atoms with van der Waals surface area (Å²) in [6.45, 7) is 2.73. The molecule has 0 aliphatic rings. The van der Waals surface area contributed by atoms with Gasteiger partial charge < -0.3 is 9.15 Å². The summed E-state index contributed by atoms with van der Waals surface area (Å²) in [5.74, 6) is 0.490. The maximum absolute atomic E-state index is 14.5. The molecular weight excluding hydrogens is 413 g/mol. The quantitative estimate of drug-likeness (QED) is 0.247. The van der Waals surface area contributed by atoms with Gasteiger partial charge in [0.15, 0.2) is 17.1 Å². The maximum atomic E-state index is 14.5. The summed E-state index contributed by atoms with van der Waals surface area (Å²) in [4.78, 5) is 4.50. The molecule has 0 aliphatic heterocycles. The molecule has 1 heterocycles. The van der Waals surface area contributed by atoms with Gasteiger partial charge in [0.05, 0.1) is 6.61 Å². The molecule has 0 aliphatic carbocycles. The van der Waals surface area contributed by atoms with Crippen LogP contribution in [0.4, 0.5) is 4.39 Å². The Morgan fingerprint density at radius 3 is 2.39 bits per heavy atom. The number of oxazole rings is 1. The Labute approximate surface area is 186 Å². The van der Waals surface area contributed by atoms with Crippen LogP contribution in [-0.2, 0) is 0 Å². The van der Waals surface area contributed by atoms with Crippen molar-refractivity contribution in [3.05, 3.63) is 71.5 Å². The van der Waals surface area contributed by atoms with Gasteiger partial charge in [0.2, 0.25) is 5.89 Å². The number of benzene rings is 3. The van der Waals surface area contributed by atoms with Crippen LogP contribution in [0.5, 0.6) is 5.75 Å². The molecule has 4 aromatic rings. The number of nitrogens with zero attached hydrogens (tertiary/aromatic N) is 1. The Kier molecular flexibility index (Phi) is 6.88. The number of hydrogen-bond acceptors (Lipinski definition) is 3. The fourth-order valence-electron chi connectivity index (χ4n) is 3.51. The summed E-state index contributed by atoms with van der Waals surface area (Å²) in [7, 11) is 0. The highest BCUT2D eigenvalue weighted by Gasteiger charge is 2.10. The zero-order chi connectivity index (χ0) is 21.6. The highest BCUT2D eigenvalue weighted by Crippen LogP contribution is 2.30. The van der Waals surface area contributed by atoms with Gasteiger partial charge in [0, 0.05) is 10.6 Å². The molecule has 1 aromatic heterocycles. The highest BCUT2D eigenvalue weighted by atomic mass is 35.5. The normalized spacial score (nSPS) is 11.2. The molecule has 4 rings (SSSR count). The average Bonchev–Trinajstić information content (AvgIpc) is 3.20. The van der Waals surface area contributed by atoms with E-state index in [1.165, 1.54) is 25.3 Å². The van der Waals surface area contributed by atoms with Crippen LogP contribution < -0.4 is 4.74 Å². The van der Waals surface area contributed by atoms with Crippen LogP contribution in [0.2, 0.25) is 5.02 Å². The van der Waals surface area contributed by atoms with E-state index >= 15 is 0 Å².